The molecule has 7 nitrogen and oxygen atoms in total. The van der Waals surface area contributed by atoms with E-state index < -0.39 is 0 Å². The van der Waals surface area contributed by atoms with Crippen LogP contribution in [-0.4, -0.2) is 25.8 Å². The molecule has 30 heavy (non-hydrogen) atoms. The first-order chi connectivity index (χ1) is 14.5. The fraction of sp³-hybridized carbons (Fsp3) is 0.136. The lowest BCUT2D eigenvalue weighted by atomic mass is 10.1. The molecule has 4 rings (SSSR count). The van der Waals surface area contributed by atoms with Crippen molar-refractivity contribution in [3.8, 4) is 0 Å². The second-order valence-corrected chi connectivity index (χ2v) is 7.35. The lowest BCUT2D eigenvalue weighted by Crippen LogP contribution is -2.24. The Kier molecular flexibility index (Phi) is 5.54. The highest BCUT2D eigenvalue weighted by molar-refractivity contribution is 6.31. The number of anilines is 1. The fourth-order valence-electron chi connectivity index (χ4n) is 3.13. The van der Waals surface area contributed by atoms with Crippen molar-refractivity contribution >= 4 is 34.2 Å². The van der Waals surface area contributed by atoms with Crippen LogP contribution in [-0.2, 0) is 13.0 Å². The molecule has 0 aliphatic carbocycles. The molecule has 3 aromatic heterocycles. The Morgan fingerprint density at radius 3 is 2.80 bits per heavy atom. The predicted octanol–water partition coefficient (Wildman–Crippen LogP) is 3.48. The number of nitrogen functional groups attached to an aromatic ring is 1. The van der Waals surface area contributed by atoms with Crippen LogP contribution in [0.1, 0.15) is 33.0 Å². The number of carbonyl (C=O) groups excluding carboxylic acids is 1. The first kappa shape index (κ1) is 19.7. The Labute approximate surface area is 178 Å². The number of aromatic nitrogens is 4. The normalized spacial score (nSPS) is 10.9. The Balaban J connectivity index is 1.47. The van der Waals surface area contributed by atoms with Gasteiger partial charge in [-0.2, -0.15) is 0 Å². The van der Waals surface area contributed by atoms with Crippen molar-refractivity contribution in [2.24, 2.45) is 0 Å². The lowest BCUT2D eigenvalue weighted by molar-refractivity contribution is 0.0945. The van der Waals surface area contributed by atoms with Crippen LogP contribution in [0.2, 0.25) is 5.02 Å². The average Bonchev–Trinajstić information content (AvgIpc) is 2.73. The summed E-state index contributed by atoms with van der Waals surface area (Å²) in [6.07, 6.45) is 3.72. The van der Waals surface area contributed by atoms with Crippen LogP contribution in [0.15, 0.2) is 55.0 Å². The molecule has 3 N–H and O–H groups in total. The maximum absolute atomic E-state index is 12.5. The third-order valence-electron chi connectivity index (χ3n) is 4.70. The molecule has 0 fully saturated rings. The van der Waals surface area contributed by atoms with E-state index in [4.69, 9.17) is 17.3 Å². The smallest absolute Gasteiger partial charge is 0.270 e. The van der Waals surface area contributed by atoms with Crippen molar-refractivity contribution in [1.29, 1.82) is 0 Å². The zero-order valence-electron chi connectivity index (χ0n) is 16.3. The number of hydrogen-bond donors (Lipinski definition) is 2. The molecule has 0 radical (unpaired) electrons. The molecule has 1 amide bonds. The first-order valence-electron chi connectivity index (χ1n) is 9.33. The van der Waals surface area contributed by atoms with Gasteiger partial charge in [0, 0.05) is 41.0 Å². The number of rotatable bonds is 5. The summed E-state index contributed by atoms with van der Waals surface area (Å²) in [6.45, 7) is 2.19. The summed E-state index contributed by atoms with van der Waals surface area (Å²) in [4.78, 5) is 29.6. The van der Waals surface area contributed by atoms with Crippen molar-refractivity contribution < 1.29 is 4.79 Å². The molecule has 0 aliphatic heterocycles. The number of carbonyl (C=O) groups is 1. The summed E-state index contributed by atoms with van der Waals surface area (Å²) in [5, 5.41) is 4.48. The summed E-state index contributed by atoms with van der Waals surface area (Å²) < 4.78 is 0. The highest BCUT2D eigenvalue weighted by Crippen LogP contribution is 2.19. The summed E-state index contributed by atoms with van der Waals surface area (Å²) in [6, 6.07) is 12.8. The molecular formula is C22H19ClN6O. The van der Waals surface area contributed by atoms with Crippen LogP contribution in [0.4, 0.5) is 5.82 Å². The quantitative estimate of drug-likeness (QED) is 0.513. The van der Waals surface area contributed by atoms with Crippen LogP contribution < -0.4 is 11.1 Å². The maximum Gasteiger partial charge on any atom is 0.270 e. The van der Waals surface area contributed by atoms with Crippen molar-refractivity contribution in [2.75, 3.05) is 5.73 Å². The van der Waals surface area contributed by atoms with E-state index in [1.54, 1.807) is 18.3 Å². The van der Waals surface area contributed by atoms with Crippen molar-refractivity contribution in [2.45, 2.75) is 19.9 Å². The average molecular weight is 419 g/mol. The Morgan fingerprint density at radius 1 is 1.10 bits per heavy atom. The third-order valence-corrected chi connectivity index (χ3v) is 4.93. The van der Waals surface area contributed by atoms with Crippen LogP contribution in [0, 0.1) is 6.92 Å². The van der Waals surface area contributed by atoms with Gasteiger partial charge in [-0.05, 0) is 54.4 Å². The van der Waals surface area contributed by atoms with E-state index in [-0.39, 0.29) is 5.91 Å². The zero-order chi connectivity index (χ0) is 21.1. The topological polar surface area (TPSA) is 107 Å². The number of hydrogen-bond acceptors (Lipinski definition) is 6. The number of benzene rings is 1. The van der Waals surface area contributed by atoms with Crippen molar-refractivity contribution in [3.63, 3.8) is 0 Å². The third kappa shape index (κ3) is 4.52. The number of nitrogens with zero attached hydrogens (tertiary/aromatic N) is 4. The minimum Gasteiger partial charge on any atom is -0.384 e. The molecule has 0 saturated carbocycles. The first-order valence-corrected chi connectivity index (χ1v) is 9.71. The molecule has 3 heterocycles. The molecular weight excluding hydrogens is 400 g/mol. The molecule has 8 heteroatoms. The molecule has 0 bridgehead atoms. The highest BCUT2D eigenvalue weighted by Gasteiger charge is 2.11. The van der Waals surface area contributed by atoms with Gasteiger partial charge < -0.3 is 11.1 Å². The largest absolute Gasteiger partial charge is 0.384 e. The number of pyridine rings is 2. The summed E-state index contributed by atoms with van der Waals surface area (Å²) >= 11 is 6.08. The molecule has 1 aromatic carbocycles. The fourth-order valence-corrected chi connectivity index (χ4v) is 3.31. The van der Waals surface area contributed by atoms with Crippen LogP contribution in [0.25, 0.3) is 10.9 Å². The molecule has 4 aromatic rings. The van der Waals surface area contributed by atoms with Crippen molar-refractivity contribution in [3.05, 3.63) is 88.2 Å². The summed E-state index contributed by atoms with van der Waals surface area (Å²) in [7, 11) is 0. The number of halogens is 1. The number of nitrogens with two attached hydrogens (primary N) is 1. The van der Waals surface area contributed by atoms with Gasteiger partial charge in [-0.25, -0.2) is 15.0 Å². The van der Waals surface area contributed by atoms with Gasteiger partial charge in [0.1, 0.15) is 17.8 Å². The van der Waals surface area contributed by atoms with Crippen LogP contribution >= 0.6 is 11.6 Å². The summed E-state index contributed by atoms with van der Waals surface area (Å²) in [5.74, 6) is 0.173. The molecule has 0 spiro atoms. The van der Waals surface area contributed by atoms with Gasteiger partial charge in [0.05, 0.1) is 5.52 Å². The SMILES string of the molecule is Cc1nc(N)ccc1CNC(=O)c1cc(Cc2cnc3ccc(Cl)cc3c2)ncn1. The lowest BCUT2D eigenvalue weighted by Gasteiger charge is -2.08. The Bertz CT molecular complexity index is 1240. The standard InChI is InChI=1S/C22H19ClN6O/c1-13-15(2-5-21(24)29-13)11-26-22(30)20-9-18(27-12-28-20)7-14-6-16-8-17(23)3-4-19(16)25-10-14/h2-6,8-10,12H,7,11H2,1H3,(H2,24,29)(H,26,30). The van der Waals surface area contributed by atoms with Gasteiger partial charge >= 0.3 is 0 Å². The van der Waals surface area contributed by atoms with E-state index in [2.05, 4.69) is 25.3 Å². The Hall–Kier alpha value is -3.58. The molecule has 0 unspecified atom stereocenters. The van der Waals surface area contributed by atoms with Gasteiger partial charge in [0.15, 0.2) is 0 Å². The number of nitrogens with one attached hydrogen (secondary N) is 1. The minimum absolute atomic E-state index is 0.279. The van der Waals surface area contributed by atoms with E-state index >= 15 is 0 Å². The van der Waals surface area contributed by atoms with E-state index in [0.717, 1.165) is 33.4 Å². The van der Waals surface area contributed by atoms with Gasteiger partial charge in [0.2, 0.25) is 0 Å². The van der Waals surface area contributed by atoms with Crippen molar-refractivity contribution in [1.82, 2.24) is 25.3 Å². The van der Waals surface area contributed by atoms with Crippen LogP contribution in [0.3, 0.4) is 0 Å². The second kappa shape index (κ2) is 8.42. The molecule has 0 aliphatic rings. The molecule has 0 atom stereocenters. The second-order valence-electron chi connectivity index (χ2n) is 6.92. The number of fused-ring (bicyclic) bond motifs is 1. The van der Waals surface area contributed by atoms with Gasteiger partial charge in [-0.3, -0.25) is 9.78 Å². The van der Waals surface area contributed by atoms with E-state index in [1.165, 1.54) is 6.33 Å². The van der Waals surface area contributed by atoms with Gasteiger partial charge in [-0.15, -0.1) is 0 Å². The van der Waals surface area contributed by atoms with Gasteiger partial charge in [-0.1, -0.05) is 17.7 Å². The van der Waals surface area contributed by atoms with Gasteiger partial charge in [0.25, 0.3) is 5.91 Å². The van der Waals surface area contributed by atoms with Crippen LogP contribution in [0.5, 0.6) is 0 Å². The Morgan fingerprint density at radius 2 is 1.97 bits per heavy atom. The van der Waals surface area contributed by atoms with E-state index in [1.807, 2.05) is 37.3 Å². The maximum atomic E-state index is 12.5. The predicted molar refractivity (Wildman–Crippen MR) is 116 cm³/mol. The monoisotopic (exact) mass is 418 g/mol. The zero-order valence-corrected chi connectivity index (χ0v) is 17.0. The summed E-state index contributed by atoms with van der Waals surface area (Å²) in [5.41, 5.74) is 10.2. The highest BCUT2D eigenvalue weighted by atomic mass is 35.5. The molecule has 0 saturated heterocycles. The van der Waals surface area contributed by atoms with E-state index in [9.17, 15) is 4.79 Å². The number of aryl methyl sites for hydroxylation is 1. The minimum atomic E-state index is -0.279. The number of amides is 1. The van der Waals surface area contributed by atoms with E-state index in [0.29, 0.717) is 29.5 Å². The molecule has 150 valence electrons.